The highest BCUT2D eigenvalue weighted by Crippen LogP contribution is 2.34. The van der Waals surface area contributed by atoms with Crippen LogP contribution in [0.25, 0.3) is 0 Å². The number of rotatable bonds is 2. The van der Waals surface area contributed by atoms with Crippen LogP contribution in [-0.2, 0) is 6.42 Å². The van der Waals surface area contributed by atoms with Crippen molar-refractivity contribution in [2.24, 2.45) is 0 Å². The van der Waals surface area contributed by atoms with E-state index in [1.807, 2.05) is 0 Å². The normalized spacial score (nSPS) is 10.9. The van der Waals surface area contributed by atoms with Gasteiger partial charge in [-0.3, -0.25) is 0 Å². The molecule has 0 aliphatic heterocycles. The van der Waals surface area contributed by atoms with Crippen LogP contribution in [-0.4, -0.2) is 11.3 Å². The van der Waals surface area contributed by atoms with E-state index in [0.717, 1.165) is 6.20 Å². The fourth-order valence-electron chi connectivity index (χ4n) is 1.05. The number of nitrogen functional groups attached to an aromatic ring is 2. The Morgan fingerprint density at radius 3 is 2.56 bits per heavy atom. The summed E-state index contributed by atoms with van der Waals surface area (Å²) >= 11 is 0. The molecule has 0 aliphatic rings. The number of halogens is 3. The number of hydrogen-bond acceptors (Lipinski definition) is 5. The molecule has 8 heteroatoms. The van der Waals surface area contributed by atoms with Crippen molar-refractivity contribution in [2.75, 3.05) is 11.5 Å². The largest absolute Gasteiger partial charge is 0.573 e. The second-order valence-electron chi connectivity index (χ2n) is 2.79. The van der Waals surface area contributed by atoms with Gasteiger partial charge in [-0.05, 0) is 0 Å². The zero-order valence-corrected chi connectivity index (χ0v) is 7.88. The van der Waals surface area contributed by atoms with Crippen LogP contribution in [0.3, 0.4) is 0 Å². The molecule has 1 heterocycles. The first-order valence-corrected chi connectivity index (χ1v) is 4.00. The third-order valence-corrected chi connectivity index (χ3v) is 1.66. The van der Waals surface area contributed by atoms with Gasteiger partial charge in [0.15, 0.2) is 5.75 Å². The Labute approximate surface area is 88.4 Å². The van der Waals surface area contributed by atoms with Crippen molar-refractivity contribution in [3.05, 3.63) is 11.8 Å². The number of ether oxygens (including phenoxy) is 1. The van der Waals surface area contributed by atoms with Crippen LogP contribution >= 0.6 is 0 Å². The summed E-state index contributed by atoms with van der Waals surface area (Å²) in [7, 11) is 0. The van der Waals surface area contributed by atoms with Gasteiger partial charge in [-0.25, -0.2) is 4.98 Å². The minimum absolute atomic E-state index is 0.167. The molecule has 0 saturated heterocycles. The van der Waals surface area contributed by atoms with E-state index < -0.39 is 12.1 Å². The number of pyridine rings is 1. The minimum atomic E-state index is -4.90. The predicted octanol–water partition coefficient (Wildman–Crippen LogP) is 1.21. The van der Waals surface area contributed by atoms with Gasteiger partial charge in [-0.1, -0.05) is 0 Å². The van der Waals surface area contributed by atoms with Crippen molar-refractivity contribution >= 4 is 11.5 Å². The van der Waals surface area contributed by atoms with Gasteiger partial charge in [0.1, 0.15) is 5.82 Å². The molecule has 4 N–H and O–H groups in total. The molecule has 0 spiro atoms. The number of nitrogens with zero attached hydrogens (tertiary/aromatic N) is 2. The molecule has 0 saturated carbocycles. The van der Waals surface area contributed by atoms with Gasteiger partial charge in [-0.15, -0.1) is 13.2 Å². The zero-order chi connectivity index (χ0) is 12.3. The minimum Gasteiger partial charge on any atom is -0.403 e. The summed E-state index contributed by atoms with van der Waals surface area (Å²) in [6.07, 6.45) is -4.32. The molecule has 1 rings (SSSR count). The highest BCUT2D eigenvalue weighted by Gasteiger charge is 2.33. The van der Waals surface area contributed by atoms with Gasteiger partial charge in [0.05, 0.1) is 29.9 Å². The molecule has 0 fully saturated rings. The van der Waals surface area contributed by atoms with Gasteiger partial charge in [0.25, 0.3) is 0 Å². The summed E-state index contributed by atoms with van der Waals surface area (Å²) in [5.41, 5.74) is 10.1. The standard InChI is InChI=1S/C8H7F3N4O/c9-8(10,11)16-6-4(1-2-12)7(14)15-3-5(6)13/h3H,1,13H2,(H2,14,15). The highest BCUT2D eigenvalue weighted by molar-refractivity contribution is 5.63. The van der Waals surface area contributed by atoms with Crippen LogP contribution in [0.2, 0.25) is 0 Å². The lowest BCUT2D eigenvalue weighted by Crippen LogP contribution is -2.20. The Bertz CT molecular complexity index is 438. The number of nitriles is 1. The van der Waals surface area contributed by atoms with Gasteiger partial charge >= 0.3 is 6.36 Å². The Hall–Kier alpha value is -2.17. The molecular formula is C8H7F3N4O. The first kappa shape index (κ1) is 11.9. The smallest absolute Gasteiger partial charge is 0.403 e. The molecule has 0 unspecified atom stereocenters. The summed E-state index contributed by atoms with van der Waals surface area (Å²) in [4.78, 5) is 3.54. The lowest BCUT2D eigenvalue weighted by atomic mass is 10.1. The fraction of sp³-hybridized carbons (Fsp3) is 0.250. The highest BCUT2D eigenvalue weighted by atomic mass is 19.4. The van der Waals surface area contributed by atoms with E-state index in [1.54, 1.807) is 6.07 Å². The monoisotopic (exact) mass is 232 g/mol. The Morgan fingerprint density at radius 2 is 2.06 bits per heavy atom. The number of anilines is 2. The van der Waals surface area contributed by atoms with Crippen molar-refractivity contribution in [3.63, 3.8) is 0 Å². The van der Waals surface area contributed by atoms with Crippen molar-refractivity contribution in [3.8, 4) is 11.8 Å². The molecule has 0 radical (unpaired) electrons. The summed E-state index contributed by atoms with van der Waals surface area (Å²) in [6.45, 7) is 0. The molecule has 0 amide bonds. The van der Waals surface area contributed by atoms with E-state index in [0.29, 0.717) is 0 Å². The van der Waals surface area contributed by atoms with Crippen molar-refractivity contribution in [2.45, 2.75) is 12.8 Å². The Kier molecular flexibility index (Phi) is 3.08. The number of alkyl halides is 3. The summed E-state index contributed by atoms with van der Waals surface area (Å²) in [6, 6.07) is 1.66. The lowest BCUT2D eigenvalue weighted by Gasteiger charge is -2.14. The Morgan fingerprint density at radius 1 is 1.44 bits per heavy atom. The van der Waals surface area contributed by atoms with Crippen LogP contribution in [0.4, 0.5) is 24.7 Å². The molecule has 5 nitrogen and oxygen atoms in total. The van der Waals surface area contributed by atoms with Gasteiger partial charge in [-0.2, -0.15) is 5.26 Å². The maximum absolute atomic E-state index is 12.1. The fourth-order valence-corrected chi connectivity index (χ4v) is 1.05. The first-order chi connectivity index (χ1) is 7.35. The van der Waals surface area contributed by atoms with E-state index in [-0.39, 0.29) is 23.5 Å². The first-order valence-electron chi connectivity index (χ1n) is 4.00. The number of nitrogens with two attached hydrogens (primary N) is 2. The maximum Gasteiger partial charge on any atom is 0.573 e. The topological polar surface area (TPSA) is 98.0 Å². The maximum atomic E-state index is 12.1. The van der Waals surface area contributed by atoms with Crippen molar-refractivity contribution in [1.29, 1.82) is 5.26 Å². The van der Waals surface area contributed by atoms with Crippen LogP contribution in [0.5, 0.6) is 5.75 Å². The summed E-state index contributed by atoms with van der Waals surface area (Å²) < 4.78 is 39.9. The number of hydrogen-bond donors (Lipinski definition) is 2. The van der Waals surface area contributed by atoms with Gasteiger partial charge in [0, 0.05) is 0 Å². The number of aromatic nitrogens is 1. The van der Waals surface area contributed by atoms with E-state index in [9.17, 15) is 13.2 Å². The Balaban J connectivity index is 3.24. The lowest BCUT2D eigenvalue weighted by molar-refractivity contribution is -0.274. The second kappa shape index (κ2) is 4.14. The molecule has 0 atom stereocenters. The molecule has 1 aromatic rings. The molecule has 16 heavy (non-hydrogen) atoms. The molecular weight excluding hydrogens is 225 g/mol. The van der Waals surface area contributed by atoms with E-state index in [2.05, 4.69) is 9.72 Å². The average Bonchev–Trinajstić information content (AvgIpc) is 2.15. The van der Waals surface area contributed by atoms with Crippen molar-refractivity contribution in [1.82, 2.24) is 4.98 Å². The third-order valence-electron chi connectivity index (χ3n) is 1.66. The quantitative estimate of drug-likeness (QED) is 0.798. The molecule has 1 aromatic heterocycles. The van der Waals surface area contributed by atoms with Crippen LogP contribution in [0.1, 0.15) is 5.56 Å². The van der Waals surface area contributed by atoms with Crippen LogP contribution < -0.4 is 16.2 Å². The summed E-state index contributed by atoms with van der Waals surface area (Å²) in [5.74, 6) is -0.878. The third kappa shape index (κ3) is 2.66. The van der Waals surface area contributed by atoms with E-state index in [4.69, 9.17) is 16.7 Å². The molecule has 0 aromatic carbocycles. The van der Waals surface area contributed by atoms with Crippen LogP contribution in [0, 0.1) is 11.3 Å². The molecule has 86 valence electrons. The van der Waals surface area contributed by atoms with Crippen LogP contribution in [0.15, 0.2) is 6.20 Å². The summed E-state index contributed by atoms with van der Waals surface area (Å²) in [5, 5.41) is 8.45. The molecule has 0 bridgehead atoms. The van der Waals surface area contributed by atoms with Crippen molar-refractivity contribution < 1.29 is 17.9 Å². The van der Waals surface area contributed by atoms with Gasteiger partial charge < -0.3 is 16.2 Å². The van der Waals surface area contributed by atoms with E-state index in [1.165, 1.54) is 0 Å². The molecule has 0 aliphatic carbocycles. The predicted molar refractivity (Wildman–Crippen MR) is 49.1 cm³/mol. The van der Waals surface area contributed by atoms with E-state index >= 15 is 0 Å². The average molecular weight is 232 g/mol. The second-order valence-corrected chi connectivity index (χ2v) is 2.79. The zero-order valence-electron chi connectivity index (χ0n) is 7.88. The SMILES string of the molecule is N#CCc1c(N)ncc(N)c1OC(F)(F)F. The van der Waals surface area contributed by atoms with Gasteiger partial charge in [0.2, 0.25) is 0 Å².